The maximum atomic E-state index is 12.9. The van der Waals surface area contributed by atoms with Crippen LogP contribution in [-0.4, -0.2) is 11.9 Å². The van der Waals surface area contributed by atoms with E-state index >= 15 is 0 Å². The first kappa shape index (κ1) is 17.5. The molecular weight excluding hydrogens is 350 g/mol. The Balaban J connectivity index is 1.60. The highest BCUT2D eigenvalue weighted by Crippen LogP contribution is 2.26. The van der Waals surface area contributed by atoms with Crippen molar-refractivity contribution in [1.82, 2.24) is 0 Å². The normalized spacial score (nSPS) is 10.4. The predicted molar refractivity (Wildman–Crippen MR) is 110 cm³/mol. The van der Waals surface area contributed by atoms with Crippen LogP contribution >= 0.6 is 0 Å². The summed E-state index contributed by atoms with van der Waals surface area (Å²) in [5.74, 6) is -0.447. The summed E-state index contributed by atoms with van der Waals surface area (Å²) in [7, 11) is 0. The van der Waals surface area contributed by atoms with Crippen molar-refractivity contribution in [3.05, 3.63) is 108 Å². The highest BCUT2D eigenvalue weighted by molar-refractivity contribution is 6.13. The number of esters is 1. The SMILES string of the molecule is O=C(Oc1ccccc1NC(=O)c1cccc2ccccc12)c1ccccc1. The lowest BCUT2D eigenvalue weighted by Gasteiger charge is -2.12. The van der Waals surface area contributed by atoms with Gasteiger partial charge in [-0.2, -0.15) is 0 Å². The average molecular weight is 367 g/mol. The Morgan fingerprint density at radius 1 is 0.679 bits per heavy atom. The summed E-state index contributed by atoms with van der Waals surface area (Å²) < 4.78 is 5.50. The predicted octanol–water partition coefficient (Wildman–Crippen LogP) is 5.31. The molecule has 1 amide bonds. The molecule has 0 saturated heterocycles. The number of anilines is 1. The Morgan fingerprint density at radius 3 is 2.21 bits per heavy atom. The van der Waals surface area contributed by atoms with Gasteiger partial charge in [0.1, 0.15) is 0 Å². The van der Waals surface area contributed by atoms with E-state index in [0.717, 1.165) is 10.8 Å². The first-order valence-electron chi connectivity index (χ1n) is 8.88. The molecule has 4 heteroatoms. The number of carbonyl (C=O) groups excluding carboxylic acids is 2. The van der Waals surface area contributed by atoms with Gasteiger partial charge in [-0.15, -0.1) is 0 Å². The van der Waals surface area contributed by atoms with E-state index in [4.69, 9.17) is 4.74 Å². The van der Waals surface area contributed by atoms with Gasteiger partial charge in [0.25, 0.3) is 5.91 Å². The van der Waals surface area contributed by atoms with Crippen LogP contribution < -0.4 is 10.1 Å². The summed E-state index contributed by atoms with van der Waals surface area (Å²) in [5.41, 5.74) is 1.43. The van der Waals surface area contributed by atoms with Crippen LogP contribution in [0.25, 0.3) is 10.8 Å². The number of hydrogen-bond acceptors (Lipinski definition) is 3. The maximum absolute atomic E-state index is 12.9. The molecule has 0 aliphatic carbocycles. The minimum Gasteiger partial charge on any atom is -0.421 e. The molecule has 28 heavy (non-hydrogen) atoms. The van der Waals surface area contributed by atoms with E-state index in [1.54, 1.807) is 54.6 Å². The fourth-order valence-electron chi connectivity index (χ4n) is 3.00. The van der Waals surface area contributed by atoms with Crippen molar-refractivity contribution in [2.75, 3.05) is 5.32 Å². The fraction of sp³-hybridized carbons (Fsp3) is 0. The van der Waals surface area contributed by atoms with Crippen LogP contribution in [0.4, 0.5) is 5.69 Å². The Hall–Kier alpha value is -3.92. The number of rotatable bonds is 4. The van der Waals surface area contributed by atoms with Gasteiger partial charge in [-0.3, -0.25) is 4.79 Å². The molecule has 0 atom stereocenters. The van der Waals surface area contributed by atoms with E-state index in [9.17, 15) is 9.59 Å². The first-order chi connectivity index (χ1) is 13.7. The zero-order valence-electron chi connectivity index (χ0n) is 15.0. The van der Waals surface area contributed by atoms with Crippen molar-refractivity contribution in [3.8, 4) is 5.75 Å². The lowest BCUT2D eigenvalue weighted by Crippen LogP contribution is -2.15. The Bertz CT molecular complexity index is 1150. The zero-order chi connectivity index (χ0) is 19.3. The van der Waals surface area contributed by atoms with E-state index in [-0.39, 0.29) is 5.91 Å². The van der Waals surface area contributed by atoms with Gasteiger partial charge in [-0.1, -0.05) is 66.7 Å². The summed E-state index contributed by atoms with van der Waals surface area (Å²) in [6, 6.07) is 28.9. The highest BCUT2D eigenvalue weighted by Gasteiger charge is 2.15. The van der Waals surface area contributed by atoms with Crippen LogP contribution in [-0.2, 0) is 0 Å². The summed E-state index contributed by atoms with van der Waals surface area (Å²) >= 11 is 0. The standard InChI is InChI=1S/C24H17NO3/c26-23(20-14-8-12-17-9-4-5-13-19(17)20)25-21-15-6-7-16-22(21)28-24(27)18-10-2-1-3-11-18/h1-16H,(H,25,26). The van der Waals surface area contributed by atoms with Crippen LogP contribution in [0.15, 0.2) is 97.1 Å². The molecule has 0 unspecified atom stereocenters. The molecule has 136 valence electrons. The maximum Gasteiger partial charge on any atom is 0.343 e. The molecule has 0 fully saturated rings. The summed E-state index contributed by atoms with van der Waals surface area (Å²) in [6.45, 7) is 0. The van der Waals surface area contributed by atoms with Gasteiger partial charge in [0.05, 0.1) is 11.3 Å². The third-order valence-electron chi connectivity index (χ3n) is 4.38. The van der Waals surface area contributed by atoms with Crippen molar-refractivity contribution in [2.45, 2.75) is 0 Å². The van der Waals surface area contributed by atoms with Crippen molar-refractivity contribution >= 4 is 28.3 Å². The van der Waals surface area contributed by atoms with Crippen molar-refractivity contribution in [3.63, 3.8) is 0 Å². The molecule has 0 aliphatic rings. The van der Waals surface area contributed by atoms with Gasteiger partial charge < -0.3 is 10.1 Å². The third kappa shape index (κ3) is 3.62. The highest BCUT2D eigenvalue weighted by atomic mass is 16.5. The quantitative estimate of drug-likeness (QED) is 0.393. The van der Waals surface area contributed by atoms with Crippen molar-refractivity contribution < 1.29 is 14.3 Å². The summed E-state index contributed by atoms with van der Waals surface area (Å²) in [6.07, 6.45) is 0. The molecule has 0 bridgehead atoms. The van der Waals surface area contributed by atoms with E-state index < -0.39 is 5.97 Å². The summed E-state index contributed by atoms with van der Waals surface area (Å²) in [4.78, 5) is 25.2. The molecule has 0 radical (unpaired) electrons. The van der Waals surface area contributed by atoms with Crippen molar-refractivity contribution in [2.24, 2.45) is 0 Å². The molecule has 4 rings (SSSR count). The number of ether oxygens (including phenoxy) is 1. The molecular formula is C24H17NO3. The van der Waals surface area contributed by atoms with Crippen LogP contribution in [0.2, 0.25) is 0 Å². The number of benzene rings is 4. The molecule has 4 nitrogen and oxygen atoms in total. The van der Waals surface area contributed by atoms with E-state index in [1.165, 1.54) is 0 Å². The van der Waals surface area contributed by atoms with Crippen LogP contribution in [0, 0.1) is 0 Å². The number of amides is 1. The largest absolute Gasteiger partial charge is 0.421 e. The van der Waals surface area contributed by atoms with Crippen LogP contribution in [0.5, 0.6) is 5.75 Å². The third-order valence-corrected chi connectivity index (χ3v) is 4.38. The van der Waals surface area contributed by atoms with Crippen LogP contribution in [0.3, 0.4) is 0 Å². The second-order valence-corrected chi connectivity index (χ2v) is 6.23. The van der Waals surface area contributed by atoms with Crippen LogP contribution in [0.1, 0.15) is 20.7 Å². The molecule has 4 aromatic rings. The number of carbonyl (C=O) groups is 2. The number of para-hydroxylation sites is 2. The minimum absolute atomic E-state index is 0.264. The number of hydrogen-bond donors (Lipinski definition) is 1. The molecule has 0 heterocycles. The average Bonchev–Trinajstić information content (AvgIpc) is 2.75. The van der Waals surface area contributed by atoms with Crippen molar-refractivity contribution in [1.29, 1.82) is 0 Å². The number of fused-ring (bicyclic) bond motifs is 1. The Kier molecular flexibility index (Phi) is 4.85. The molecule has 0 aromatic heterocycles. The lowest BCUT2D eigenvalue weighted by molar-refractivity contribution is 0.0734. The Morgan fingerprint density at radius 2 is 1.36 bits per heavy atom. The van der Waals surface area contributed by atoms with E-state index in [2.05, 4.69) is 5.32 Å². The monoisotopic (exact) mass is 367 g/mol. The smallest absolute Gasteiger partial charge is 0.343 e. The molecule has 0 aliphatic heterocycles. The Labute approximate surface area is 162 Å². The molecule has 4 aromatic carbocycles. The van der Waals surface area contributed by atoms with Gasteiger partial charge >= 0.3 is 5.97 Å². The van der Waals surface area contributed by atoms with Gasteiger partial charge in [-0.05, 0) is 41.1 Å². The lowest BCUT2D eigenvalue weighted by atomic mass is 10.0. The second kappa shape index (κ2) is 7.76. The minimum atomic E-state index is -0.479. The van der Waals surface area contributed by atoms with Gasteiger partial charge in [0, 0.05) is 5.56 Å². The zero-order valence-corrected chi connectivity index (χ0v) is 15.0. The first-order valence-corrected chi connectivity index (χ1v) is 8.88. The van der Waals surface area contributed by atoms with Gasteiger partial charge in [0.15, 0.2) is 5.75 Å². The fourth-order valence-corrected chi connectivity index (χ4v) is 3.00. The second-order valence-electron chi connectivity index (χ2n) is 6.23. The molecule has 1 N–H and O–H groups in total. The molecule has 0 saturated carbocycles. The topological polar surface area (TPSA) is 55.4 Å². The van der Waals surface area contributed by atoms with E-state index in [1.807, 2.05) is 42.5 Å². The summed E-state index contributed by atoms with van der Waals surface area (Å²) in [5, 5.41) is 4.71. The molecule has 0 spiro atoms. The number of nitrogens with one attached hydrogen (secondary N) is 1. The van der Waals surface area contributed by atoms with E-state index in [0.29, 0.717) is 22.6 Å². The van der Waals surface area contributed by atoms with Gasteiger partial charge in [-0.25, -0.2) is 4.79 Å². The van der Waals surface area contributed by atoms with Gasteiger partial charge in [0.2, 0.25) is 0 Å².